The number of nitrogens with two attached hydrogens (primary N) is 2. The first-order valence-corrected chi connectivity index (χ1v) is 14.1. The first-order valence-electron chi connectivity index (χ1n) is 13.3. The molecular formula is C30H30Cl2N4O4+2. The van der Waals surface area contributed by atoms with Crippen LogP contribution in [0.5, 0.6) is 0 Å². The summed E-state index contributed by atoms with van der Waals surface area (Å²) in [6, 6.07) is 20.5. The minimum Gasteiger partial charge on any atom is -0.335 e. The number of hydrogen-bond donors (Lipinski definition) is 2. The third kappa shape index (κ3) is 5.95. The second-order valence-electron chi connectivity index (χ2n) is 10.0. The summed E-state index contributed by atoms with van der Waals surface area (Å²) in [6.07, 6.45) is 1.58. The van der Waals surface area contributed by atoms with Gasteiger partial charge in [-0.05, 0) is 47.5 Å². The van der Waals surface area contributed by atoms with Gasteiger partial charge in [0.05, 0.1) is 37.3 Å². The maximum atomic E-state index is 13.1. The lowest BCUT2D eigenvalue weighted by Crippen LogP contribution is -2.92. The van der Waals surface area contributed by atoms with Crippen molar-refractivity contribution >= 4 is 58.2 Å². The average molecular weight is 582 g/mol. The number of hydrogen-bond acceptors (Lipinski definition) is 4. The van der Waals surface area contributed by atoms with E-state index in [-0.39, 0.29) is 36.5 Å². The van der Waals surface area contributed by atoms with E-state index in [0.717, 1.165) is 11.1 Å². The second-order valence-corrected chi connectivity index (χ2v) is 10.8. The number of amides is 4. The lowest BCUT2D eigenvalue weighted by molar-refractivity contribution is -0.674. The number of imide groups is 2. The van der Waals surface area contributed by atoms with Crippen LogP contribution in [0.2, 0.25) is 10.0 Å². The minimum absolute atomic E-state index is 0.109. The van der Waals surface area contributed by atoms with Gasteiger partial charge in [0.25, 0.3) is 11.8 Å². The molecule has 0 bridgehead atoms. The van der Waals surface area contributed by atoms with Gasteiger partial charge in [0.2, 0.25) is 11.8 Å². The van der Waals surface area contributed by atoms with Crippen molar-refractivity contribution in [2.45, 2.75) is 37.8 Å². The Morgan fingerprint density at radius 2 is 0.975 bits per heavy atom. The van der Waals surface area contributed by atoms with Crippen molar-refractivity contribution in [2.24, 2.45) is 0 Å². The minimum atomic E-state index is -0.501. The van der Waals surface area contributed by atoms with Crippen LogP contribution in [-0.2, 0) is 32.0 Å². The van der Waals surface area contributed by atoms with Crippen molar-refractivity contribution in [3.8, 4) is 0 Å². The lowest BCUT2D eigenvalue weighted by Gasteiger charge is -2.18. The number of rotatable bonds is 10. The van der Waals surface area contributed by atoms with Crippen molar-refractivity contribution in [3.05, 3.63) is 94.0 Å². The van der Waals surface area contributed by atoms with E-state index in [1.165, 1.54) is 9.80 Å². The maximum Gasteiger partial charge on any atom is 0.292 e. The van der Waals surface area contributed by atoms with E-state index in [4.69, 9.17) is 23.2 Å². The molecule has 10 heteroatoms. The zero-order valence-electron chi connectivity index (χ0n) is 21.8. The molecule has 2 saturated heterocycles. The number of anilines is 2. The Morgan fingerprint density at radius 1 is 0.600 bits per heavy atom. The fourth-order valence-electron chi connectivity index (χ4n) is 5.25. The molecule has 2 atom stereocenters. The standard InChI is InChI=1S/C30H28Cl2N4O4/c31-23-7-3-1-5-19(23)13-15-33-25-17-27(37)35(29(25)39)21-9-11-22(12-10-21)36-28(38)18-26(30(36)40)34-16-14-20-6-2-4-8-24(20)32/h1-12,25-26,33-34H,13-18H2/p+2/t25-,26+. The van der Waals surface area contributed by atoms with Gasteiger partial charge >= 0.3 is 0 Å². The molecular weight excluding hydrogens is 551 g/mol. The van der Waals surface area contributed by atoms with Crippen LogP contribution in [0.4, 0.5) is 11.4 Å². The van der Waals surface area contributed by atoms with Gasteiger partial charge in [-0.3, -0.25) is 19.2 Å². The highest BCUT2D eigenvalue weighted by Gasteiger charge is 2.44. The summed E-state index contributed by atoms with van der Waals surface area (Å²) >= 11 is 12.4. The summed E-state index contributed by atoms with van der Waals surface area (Å²) in [5.74, 6) is -1.12. The number of carbonyl (C=O) groups excluding carboxylic acids is 4. The molecule has 5 rings (SSSR count). The number of benzene rings is 3. The summed E-state index contributed by atoms with van der Waals surface area (Å²) in [5.41, 5.74) is 2.83. The van der Waals surface area contributed by atoms with Gasteiger partial charge in [-0.25, -0.2) is 9.80 Å². The summed E-state index contributed by atoms with van der Waals surface area (Å²) in [4.78, 5) is 53.9. The van der Waals surface area contributed by atoms with E-state index >= 15 is 0 Å². The van der Waals surface area contributed by atoms with E-state index in [1.807, 2.05) is 59.2 Å². The third-order valence-corrected chi connectivity index (χ3v) is 8.11. The van der Waals surface area contributed by atoms with Gasteiger partial charge in [-0.2, -0.15) is 0 Å². The van der Waals surface area contributed by atoms with Crippen LogP contribution in [0.1, 0.15) is 24.0 Å². The van der Waals surface area contributed by atoms with Gasteiger partial charge < -0.3 is 10.6 Å². The molecule has 40 heavy (non-hydrogen) atoms. The SMILES string of the molecule is O=C1C[C@H]([NH2+]CCc2ccccc2Cl)C(=O)N1c1ccc(N2C(=O)C[C@@H]([NH2+]CCc3ccccc3Cl)C2=O)cc1. The normalized spacial score (nSPS) is 19.2. The Morgan fingerprint density at radius 3 is 1.35 bits per heavy atom. The number of carbonyl (C=O) groups is 4. The first kappa shape index (κ1) is 28.0. The topological polar surface area (TPSA) is 108 Å². The number of halogens is 2. The lowest BCUT2D eigenvalue weighted by atomic mass is 10.1. The van der Waals surface area contributed by atoms with E-state index < -0.39 is 12.1 Å². The quantitative estimate of drug-likeness (QED) is 0.357. The maximum absolute atomic E-state index is 13.1. The average Bonchev–Trinajstić information content (AvgIpc) is 3.39. The zero-order chi connectivity index (χ0) is 28.2. The van der Waals surface area contributed by atoms with Gasteiger partial charge in [0.15, 0.2) is 12.1 Å². The molecule has 2 fully saturated rings. The van der Waals surface area contributed by atoms with Gasteiger partial charge in [0.1, 0.15) is 0 Å². The fraction of sp³-hybridized carbons (Fsp3) is 0.267. The molecule has 2 aliphatic rings. The van der Waals surface area contributed by atoms with Crippen molar-refractivity contribution in [1.29, 1.82) is 0 Å². The van der Waals surface area contributed by atoms with E-state index in [9.17, 15) is 19.2 Å². The predicted molar refractivity (Wildman–Crippen MR) is 152 cm³/mol. The zero-order valence-corrected chi connectivity index (χ0v) is 23.3. The number of nitrogens with zero attached hydrogens (tertiary/aromatic N) is 2. The van der Waals surface area contributed by atoms with Gasteiger partial charge in [0, 0.05) is 22.9 Å². The van der Waals surface area contributed by atoms with Crippen LogP contribution >= 0.6 is 23.2 Å². The highest BCUT2D eigenvalue weighted by atomic mass is 35.5. The Balaban J connectivity index is 1.17. The Bertz CT molecular complexity index is 1340. The fourth-order valence-corrected chi connectivity index (χ4v) is 5.72. The first-order chi connectivity index (χ1) is 19.3. The van der Waals surface area contributed by atoms with Crippen molar-refractivity contribution < 1.29 is 29.8 Å². The molecule has 8 nitrogen and oxygen atoms in total. The van der Waals surface area contributed by atoms with Crippen molar-refractivity contribution in [3.63, 3.8) is 0 Å². The van der Waals surface area contributed by atoms with E-state index in [2.05, 4.69) is 0 Å². The second kappa shape index (κ2) is 12.3. The van der Waals surface area contributed by atoms with Crippen LogP contribution < -0.4 is 20.4 Å². The highest BCUT2D eigenvalue weighted by Crippen LogP contribution is 2.27. The van der Waals surface area contributed by atoms with Crippen LogP contribution in [0.3, 0.4) is 0 Å². The summed E-state index contributed by atoms with van der Waals surface area (Å²) in [6.45, 7) is 1.24. The van der Waals surface area contributed by atoms with Crippen LogP contribution in [0.25, 0.3) is 0 Å². The number of quaternary nitrogens is 2. The van der Waals surface area contributed by atoms with E-state index in [1.54, 1.807) is 24.3 Å². The van der Waals surface area contributed by atoms with Gasteiger partial charge in [-0.1, -0.05) is 59.6 Å². The molecule has 0 radical (unpaired) electrons. The third-order valence-electron chi connectivity index (χ3n) is 7.37. The van der Waals surface area contributed by atoms with E-state index in [0.29, 0.717) is 47.4 Å². The molecule has 0 saturated carbocycles. The molecule has 2 aliphatic heterocycles. The summed E-state index contributed by atoms with van der Waals surface area (Å²) in [5, 5.41) is 5.12. The molecule has 0 unspecified atom stereocenters. The monoisotopic (exact) mass is 580 g/mol. The molecule has 2 heterocycles. The highest BCUT2D eigenvalue weighted by molar-refractivity contribution is 6.31. The van der Waals surface area contributed by atoms with Crippen molar-refractivity contribution in [1.82, 2.24) is 0 Å². The van der Waals surface area contributed by atoms with Crippen molar-refractivity contribution in [2.75, 3.05) is 22.9 Å². The molecule has 3 aromatic rings. The molecule has 0 aromatic heterocycles. The summed E-state index contributed by atoms with van der Waals surface area (Å²) < 4.78 is 0. The Kier molecular flexibility index (Phi) is 8.61. The molecule has 4 N–H and O–H groups in total. The van der Waals surface area contributed by atoms with Gasteiger partial charge in [-0.15, -0.1) is 0 Å². The molecule has 3 aromatic carbocycles. The van der Waals surface area contributed by atoms with Crippen LogP contribution in [-0.4, -0.2) is 48.8 Å². The van der Waals surface area contributed by atoms with Crippen LogP contribution in [0, 0.1) is 0 Å². The largest absolute Gasteiger partial charge is 0.335 e. The molecule has 206 valence electrons. The predicted octanol–water partition coefficient (Wildman–Crippen LogP) is 1.87. The summed E-state index contributed by atoms with van der Waals surface area (Å²) in [7, 11) is 0. The Labute approximate surface area is 242 Å². The van der Waals surface area contributed by atoms with Crippen LogP contribution in [0.15, 0.2) is 72.8 Å². The molecule has 0 spiro atoms. The smallest absolute Gasteiger partial charge is 0.292 e. The molecule has 0 aliphatic carbocycles. The Hall–Kier alpha value is -3.56. The molecule has 4 amide bonds.